The van der Waals surface area contributed by atoms with Gasteiger partial charge in [-0.25, -0.2) is 14.4 Å². The average Bonchev–Trinajstić information content (AvgIpc) is 3.27. The maximum absolute atomic E-state index is 14.4. The van der Waals surface area contributed by atoms with Gasteiger partial charge in [0.15, 0.2) is 22.4 Å². The van der Waals surface area contributed by atoms with E-state index in [1.165, 1.54) is 10.5 Å². The third-order valence-corrected chi connectivity index (χ3v) is 5.69. The maximum Gasteiger partial charge on any atom is 0.230 e. The quantitative estimate of drug-likeness (QED) is 0.510. The molecule has 0 spiro atoms. The monoisotopic (exact) mass is 426 g/mol. The first-order valence-corrected chi connectivity index (χ1v) is 10.1. The van der Waals surface area contributed by atoms with Gasteiger partial charge in [0, 0.05) is 55.5 Å². The van der Waals surface area contributed by atoms with Crippen molar-refractivity contribution in [3.05, 3.63) is 64.8 Å². The fraction of sp³-hybridized carbons (Fsp3) is 0.286. The molecule has 1 aliphatic rings. The molecule has 0 aromatic carbocycles. The van der Waals surface area contributed by atoms with Gasteiger partial charge < -0.3 is 14.6 Å². The lowest BCUT2D eigenvalue weighted by Crippen LogP contribution is -2.49. The van der Waals surface area contributed by atoms with Crippen LogP contribution in [0.2, 0.25) is 5.15 Å². The lowest BCUT2D eigenvalue weighted by molar-refractivity contribution is 0.102. The highest BCUT2D eigenvalue weighted by Gasteiger charge is 2.22. The van der Waals surface area contributed by atoms with Crippen LogP contribution in [0.25, 0.3) is 11.2 Å². The molecule has 154 valence electrons. The summed E-state index contributed by atoms with van der Waals surface area (Å²) in [6, 6.07) is 5.47. The van der Waals surface area contributed by atoms with Crippen molar-refractivity contribution in [2.24, 2.45) is 0 Å². The normalized spacial score (nSPS) is 17.2. The number of nitrogens with zero attached hydrogens (tertiary/aromatic N) is 5. The molecule has 1 atom stereocenters. The number of hydrogen-bond acceptors (Lipinski definition) is 5. The van der Waals surface area contributed by atoms with Gasteiger partial charge in [-0.15, -0.1) is 0 Å². The van der Waals surface area contributed by atoms with Crippen LogP contribution < -0.4 is 10.2 Å². The van der Waals surface area contributed by atoms with Gasteiger partial charge in [-0.2, -0.15) is 0 Å². The van der Waals surface area contributed by atoms with Crippen molar-refractivity contribution in [3.63, 3.8) is 0 Å². The molecule has 5 heterocycles. The van der Waals surface area contributed by atoms with Crippen molar-refractivity contribution in [3.8, 4) is 0 Å². The second-order valence-electron chi connectivity index (χ2n) is 7.69. The van der Waals surface area contributed by atoms with E-state index in [2.05, 4.69) is 27.1 Å². The minimum Gasteiger partial charge on any atom is -0.369 e. The number of imidazole rings is 2. The second kappa shape index (κ2) is 7.07. The molecule has 1 saturated heterocycles. The Balaban J connectivity index is 1.55. The molecule has 1 unspecified atom stereocenters. The maximum atomic E-state index is 14.4. The fourth-order valence-electron chi connectivity index (χ4n) is 3.99. The lowest BCUT2D eigenvalue weighted by atomic mass is 10.1. The molecule has 7 nitrogen and oxygen atoms in total. The van der Waals surface area contributed by atoms with Gasteiger partial charge in [-0.3, -0.25) is 9.20 Å². The van der Waals surface area contributed by atoms with Crippen molar-refractivity contribution in [2.75, 3.05) is 24.5 Å². The fourth-order valence-corrected chi connectivity index (χ4v) is 4.22. The first-order valence-electron chi connectivity index (χ1n) is 9.76. The summed E-state index contributed by atoms with van der Waals surface area (Å²) >= 11 is 6.37. The van der Waals surface area contributed by atoms with Crippen LogP contribution in [0.3, 0.4) is 0 Å². The van der Waals surface area contributed by atoms with Crippen molar-refractivity contribution < 1.29 is 9.18 Å². The average molecular weight is 427 g/mol. The Morgan fingerprint density at radius 2 is 2.13 bits per heavy atom. The highest BCUT2D eigenvalue weighted by molar-refractivity contribution is 6.33. The first-order chi connectivity index (χ1) is 14.4. The molecule has 1 fully saturated rings. The van der Waals surface area contributed by atoms with Crippen LogP contribution in [-0.2, 0) is 0 Å². The molecule has 0 aliphatic carbocycles. The standard InChI is InChI=1S/C21H20ClFN6O/c1-12-9-27(6-4-24-12)15-3-5-29-17(8-15)19(22)26-21(29)18(30)14-7-16(23)20-25-13(2)10-28(20)11-14/h3,5,7-8,10-12,24H,4,6,9H2,1-2H3. The van der Waals surface area contributed by atoms with E-state index in [4.69, 9.17) is 11.6 Å². The van der Waals surface area contributed by atoms with Gasteiger partial charge in [-0.05, 0) is 32.0 Å². The predicted molar refractivity (Wildman–Crippen MR) is 113 cm³/mol. The number of halogens is 2. The molecule has 4 aromatic rings. The number of carbonyl (C=O) groups is 1. The molecule has 0 bridgehead atoms. The molecular formula is C21H20ClFN6O. The number of ketones is 1. The zero-order chi connectivity index (χ0) is 21.0. The molecule has 1 aliphatic heterocycles. The number of rotatable bonds is 3. The van der Waals surface area contributed by atoms with E-state index < -0.39 is 11.6 Å². The summed E-state index contributed by atoms with van der Waals surface area (Å²) in [4.78, 5) is 23.8. The van der Waals surface area contributed by atoms with Gasteiger partial charge >= 0.3 is 0 Å². The lowest BCUT2D eigenvalue weighted by Gasteiger charge is -2.33. The third kappa shape index (κ3) is 3.12. The van der Waals surface area contributed by atoms with Crippen molar-refractivity contribution in [2.45, 2.75) is 19.9 Å². The molecule has 0 amide bonds. The summed E-state index contributed by atoms with van der Waals surface area (Å²) in [5.41, 5.74) is 2.70. The number of piperazine rings is 1. The van der Waals surface area contributed by atoms with Crippen LogP contribution in [0.5, 0.6) is 0 Å². The molecular weight excluding hydrogens is 407 g/mol. The molecule has 0 saturated carbocycles. The number of carbonyl (C=O) groups excluding carboxylic acids is 1. The predicted octanol–water partition coefficient (Wildman–Crippen LogP) is 3.11. The minimum absolute atomic E-state index is 0.144. The van der Waals surface area contributed by atoms with Crippen LogP contribution in [-0.4, -0.2) is 50.2 Å². The molecule has 1 N–H and O–H groups in total. The van der Waals surface area contributed by atoms with Crippen molar-refractivity contribution >= 4 is 34.2 Å². The molecule has 5 rings (SSSR count). The molecule has 0 radical (unpaired) electrons. The third-order valence-electron chi connectivity index (χ3n) is 5.41. The number of fused-ring (bicyclic) bond motifs is 2. The van der Waals surface area contributed by atoms with Gasteiger partial charge in [-0.1, -0.05) is 11.6 Å². The van der Waals surface area contributed by atoms with Crippen LogP contribution >= 0.6 is 11.6 Å². The summed E-state index contributed by atoms with van der Waals surface area (Å²) in [5.74, 6) is -0.825. The summed E-state index contributed by atoms with van der Waals surface area (Å²) in [5, 5.41) is 3.66. The van der Waals surface area contributed by atoms with Crippen LogP contribution in [0.4, 0.5) is 10.1 Å². The van der Waals surface area contributed by atoms with E-state index in [0.29, 0.717) is 17.3 Å². The van der Waals surface area contributed by atoms with Crippen molar-refractivity contribution in [1.29, 1.82) is 0 Å². The summed E-state index contributed by atoms with van der Waals surface area (Å²) in [7, 11) is 0. The Labute approximate surface area is 177 Å². The second-order valence-corrected chi connectivity index (χ2v) is 8.04. The van der Waals surface area contributed by atoms with E-state index in [-0.39, 0.29) is 22.2 Å². The first kappa shape index (κ1) is 19.0. The Bertz CT molecular complexity index is 1300. The number of anilines is 1. The highest BCUT2D eigenvalue weighted by atomic mass is 35.5. The Hall–Kier alpha value is -2.97. The van der Waals surface area contributed by atoms with E-state index in [9.17, 15) is 9.18 Å². The number of nitrogens with one attached hydrogen (secondary N) is 1. The van der Waals surface area contributed by atoms with Crippen LogP contribution in [0.1, 0.15) is 28.8 Å². The van der Waals surface area contributed by atoms with Crippen LogP contribution in [0, 0.1) is 12.7 Å². The topological polar surface area (TPSA) is 66.9 Å². The summed E-state index contributed by atoms with van der Waals surface area (Å²) in [6.07, 6.45) is 5.03. The Kier molecular flexibility index (Phi) is 4.48. The zero-order valence-corrected chi connectivity index (χ0v) is 17.3. The number of aryl methyl sites for hydroxylation is 1. The van der Waals surface area contributed by atoms with E-state index in [1.54, 1.807) is 29.9 Å². The largest absolute Gasteiger partial charge is 0.369 e. The summed E-state index contributed by atoms with van der Waals surface area (Å²) < 4.78 is 17.6. The number of aromatic nitrogens is 4. The van der Waals surface area contributed by atoms with E-state index in [0.717, 1.165) is 25.3 Å². The number of hydrogen-bond donors (Lipinski definition) is 1. The minimum atomic E-state index is -0.559. The van der Waals surface area contributed by atoms with Crippen LogP contribution in [0.15, 0.2) is 36.8 Å². The molecule has 4 aromatic heterocycles. The molecule has 30 heavy (non-hydrogen) atoms. The van der Waals surface area contributed by atoms with Gasteiger partial charge in [0.2, 0.25) is 5.78 Å². The molecule has 9 heteroatoms. The Morgan fingerprint density at radius 3 is 2.93 bits per heavy atom. The smallest absolute Gasteiger partial charge is 0.230 e. The van der Waals surface area contributed by atoms with Gasteiger partial charge in [0.1, 0.15) is 0 Å². The number of pyridine rings is 2. The Morgan fingerprint density at radius 1 is 1.30 bits per heavy atom. The summed E-state index contributed by atoms with van der Waals surface area (Å²) in [6.45, 7) is 6.60. The highest BCUT2D eigenvalue weighted by Crippen LogP contribution is 2.26. The van der Waals surface area contributed by atoms with E-state index >= 15 is 0 Å². The SMILES string of the molecule is Cc1cn2cc(C(=O)c3nc(Cl)c4cc(N5CCNC(C)C5)ccn34)cc(F)c2n1. The van der Waals surface area contributed by atoms with Gasteiger partial charge in [0.05, 0.1) is 11.2 Å². The van der Waals surface area contributed by atoms with E-state index in [1.807, 2.05) is 12.1 Å². The zero-order valence-electron chi connectivity index (χ0n) is 16.6. The van der Waals surface area contributed by atoms with Crippen molar-refractivity contribution in [1.82, 2.24) is 24.1 Å². The van der Waals surface area contributed by atoms with Gasteiger partial charge in [0.25, 0.3) is 0 Å².